The van der Waals surface area contributed by atoms with Crippen molar-refractivity contribution in [3.63, 3.8) is 0 Å². The van der Waals surface area contributed by atoms with Crippen LogP contribution in [0.15, 0.2) is 43.2 Å². The van der Waals surface area contributed by atoms with Crippen LogP contribution in [0.25, 0.3) is 44.6 Å². The fourth-order valence-corrected chi connectivity index (χ4v) is 7.80. The van der Waals surface area contributed by atoms with E-state index in [4.69, 9.17) is 15.9 Å². The first-order valence-corrected chi connectivity index (χ1v) is 17.6. The molecule has 270 valence electrons. The number of aromatic nitrogens is 8. The first-order valence-electron chi connectivity index (χ1n) is 17.6. The number of primary amides is 1. The Bertz CT molecular complexity index is 1880. The average Bonchev–Trinajstić information content (AvgIpc) is 3.65. The number of hydrogen-bond donors (Lipinski definition) is 1. The number of hydrogen-bond acceptors (Lipinski definition) is 9. The number of halogens is 1. The number of carbonyl (C=O) groups is 1. The van der Waals surface area contributed by atoms with Crippen molar-refractivity contribution in [1.29, 1.82) is 0 Å². The molecule has 13 heteroatoms. The monoisotopic (exact) mass is 703 g/mol. The molecule has 1 amide bonds. The third-order valence-corrected chi connectivity index (χ3v) is 9.60. The van der Waals surface area contributed by atoms with Gasteiger partial charge in [-0.1, -0.05) is 6.07 Å². The van der Waals surface area contributed by atoms with Gasteiger partial charge in [0.25, 0.3) is 0 Å². The predicted molar refractivity (Wildman–Crippen MR) is 203 cm³/mol. The number of benzene rings is 1. The summed E-state index contributed by atoms with van der Waals surface area (Å²) in [7, 11) is 0. The maximum atomic E-state index is 12.7. The van der Waals surface area contributed by atoms with Crippen molar-refractivity contribution in [1.82, 2.24) is 49.3 Å². The van der Waals surface area contributed by atoms with E-state index in [0.717, 1.165) is 47.1 Å². The number of nitrogens with zero attached hydrogens (tertiary/aromatic N) is 10. The molecule has 0 fully saturated rings. The number of carbonyl (C=O) groups excluding carboxylic acids is 1. The van der Waals surface area contributed by atoms with Gasteiger partial charge in [0.2, 0.25) is 5.91 Å². The van der Waals surface area contributed by atoms with E-state index >= 15 is 0 Å². The molecule has 4 aromatic heterocycles. The molecule has 0 bridgehead atoms. The van der Waals surface area contributed by atoms with Crippen LogP contribution in [-0.4, -0.2) is 91.5 Å². The first-order chi connectivity index (χ1) is 23.3. The van der Waals surface area contributed by atoms with E-state index in [1.54, 1.807) is 18.6 Å². The Balaban J connectivity index is 0.00000562. The third kappa shape index (κ3) is 7.98. The van der Waals surface area contributed by atoms with Gasteiger partial charge in [-0.25, -0.2) is 29.3 Å². The Hall–Kier alpha value is -4.00. The molecular formula is C37H54ClN11O. The Labute approximate surface area is 302 Å². The Kier molecular flexibility index (Phi) is 12.7. The first kappa shape index (κ1) is 38.8. The highest BCUT2D eigenvalue weighted by Crippen LogP contribution is 2.34. The molecule has 1 aromatic carbocycles. The summed E-state index contributed by atoms with van der Waals surface area (Å²) in [5, 5.41) is 11.0. The molecule has 5 rings (SSSR count). The quantitative estimate of drug-likeness (QED) is 0.128. The van der Waals surface area contributed by atoms with E-state index in [1.165, 1.54) is 6.33 Å². The minimum atomic E-state index is -0.538. The van der Waals surface area contributed by atoms with E-state index in [9.17, 15) is 4.79 Å². The van der Waals surface area contributed by atoms with Gasteiger partial charge in [-0.2, -0.15) is 10.2 Å². The molecule has 0 aliphatic rings. The van der Waals surface area contributed by atoms with Gasteiger partial charge in [-0.15, -0.1) is 12.4 Å². The van der Waals surface area contributed by atoms with Crippen LogP contribution in [0.2, 0.25) is 0 Å². The van der Waals surface area contributed by atoms with Crippen molar-refractivity contribution in [2.24, 2.45) is 5.73 Å². The Morgan fingerprint density at radius 2 is 1.12 bits per heavy atom. The van der Waals surface area contributed by atoms with Gasteiger partial charge in [0.15, 0.2) is 11.3 Å². The third-order valence-electron chi connectivity index (χ3n) is 9.60. The van der Waals surface area contributed by atoms with Crippen LogP contribution in [-0.2, 0) is 13.1 Å². The van der Waals surface area contributed by atoms with Gasteiger partial charge in [0, 0.05) is 66.0 Å². The summed E-state index contributed by atoms with van der Waals surface area (Å²) in [6.45, 7) is 23.9. The highest BCUT2D eigenvalue weighted by Gasteiger charge is 2.24. The number of fused-ring (bicyclic) bond motifs is 2. The van der Waals surface area contributed by atoms with Crippen LogP contribution < -0.4 is 5.73 Å². The number of aryl methyl sites for hydroxylation is 2. The predicted octanol–water partition coefficient (Wildman–Crippen LogP) is 6.62. The van der Waals surface area contributed by atoms with Gasteiger partial charge in [-0.05, 0) is 94.2 Å². The summed E-state index contributed by atoms with van der Waals surface area (Å²) in [5.74, 6) is -0.538. The molecule has 0 saturated heterocycles. The second kappa shape index (κ2) is 16.3. The van der Waals surface area contributed by atoms with Crippen molar-refractivity contribution in [3.05, 3.63) is 48.8 Å². The second-order valence-corrected chi connectivity index (χ2v) is 14.3. The van der Waals surface area contributed by atoms with Crippen molar-refractivity contribution < 1.29 is 4.79 Å². The maximum absolute atomic E-state index is 12.7. The van der Waals surface area contributed by atoms with E-state index in [2.05, 4.69) is 99.0 Å². The summed E-state index contributed by atoms with van der Waals surface area (Å²) in [4.78, 5) is 36.3. The molecular weight excluding hydrogens is 650 g/mol. The zero-order chi connectivity index (χ0) is 35.6. The van der Waals surface area contributed by atoms with Crippen molar-refractivity contribution in [2.45, 2.75) is 131 Å². The van der Waals surface area contributed by atoms with E-state index < -0.39 is 5.91 Å². The minimum Gasteiger partial charge on any atom is -0.366 e. The standard InChI is InChI=1S/C37H53N11O.ClH/c1-22(2)47(23(3)4)26(9)13-15-45-36-31(18-43-45)33(39-20-41-36)28-11-12-29(35(38)49)30(17-28)34-32-19-44-46(37(32)42-21-40-34)16-14-27(10)48(24(5)6)25(7)8;/h11-12,17-27H,13-16H2,1-10H3,(H2,38,49);1H. The van der Waals surface area contributed by atoms with E-state index in [0.29, 0.717) is 65.3 Å². The van der Waals surface area contributed by atoms with Gasteiger partial charge < -0.3 is 5.73 Å². The van der Waals surface area contributed by atoms with Crippen LogP contribution >= 0.6 is 12.4 Å². The zero-order valence-electron chi connectivity index (χ0n) is 31.2. The number of amides is 1. The Morgan fingerprint density at radius 1 is 0.680 bits per heavy atom. The molecule has 2 atom stereocenters. The lowest BCUT2D eigenvalue weighted by Gasteiger charge is -2.36. The summed E-state index contributed by atoms with van der Waals surface area (Å²) in [5.41, 5.74) is 10.5. The summed E-state index contributed by atoms with van der Waals surface area (Å²) in [6, 6.07) is 8.08. The summed E-state index contributed by atoms with van der Waals surface area (Å²) >= 11 is 0. The molecule has 0 spiro atoms. The molecule has 0 radical (unpaired) electrons. The van der Waals surface area contributed by atoms with Crippen LogP contribution in [0.4, 0.5) is 0 Å². The molecule has 0 saturated carbocycles. The fourth-order valence-electron chi connectivity index (χ4n) is 7.80. The lowest BCUT2D eigenvalue weighted by molar-refractivity contribution is 0.100. The topological polar surface area (TPSA) is 137 Å². The molecule has 2 unspecified atom stereocenters. The van der Waals surface area contributed by atoms with Crippen molar-refractivity contribution in [3.8, 4) is 22.5 Å². The van der Waals surface area contributed by atoms with Crippen LogP contribution in [0, 0.1) is 0 Å². The van der Waals surface area contributed by atoms with Gasteiger partial charge in [0.05, 0.1) is 34.6 Å². The summed E-state index contributed by atoms with van der Waals surface area (Å²) in [6.07, 6.45) is 8.56. The zero-order valence-corrected chi connectivity index (χ0v) is 32.0. The Morgan fingerprint density at radius 3 is 1.56 bits per heavy atom. The average molecular weight is 704 g/mol. The molecule has 0 aliphatic heterocycles. The molecule has 50 heavy (non-hydrogen) atoms. The van der Waals surface area contributed by atoms with Gasteiger partial charge in [0.1, 0.15) is 12.7 Å². The normalized spacial score (nSPS) is 13.4. The fraction of sp³-hybridized carbons (Fsp3) is 0.541. The molecule has 5 aromatic rings. The number of rotatable bonds is 15. The van der Waals surface area contributed by atoms with Crippen molar-refractivity contribution >= 4 is 40.4 Å². The molecule has 2 N–H and O–H groups in total. The second-order valence-electron chi connectivity index (χ2n) is 14.3. The highest BCUT2D eigenvalue weighted by molar-refractivity contribution is 6.04. The smallest absolute Gasteiger partial charge is 0.249 e. The van der Waals surface area contributed by atoms with Crippen LogP contribution in [0.3, 0.4) is 0 Å². The number of nitrogens with two attached hydrogens (primary N) is 1. The summed E-state index contributed by atoms with van der Waals surface area (Å²) < 4.78 is 3.88. The van der Waals surface area contributed by atoms with Crippen LogP contribution in [0.5, 0.6) is 0 Å². The van der Waals surface area contributed by atoms with E-state index in [1.807, 2.05) is 27.7 Å². The molecule has 0 aliphatic carbocycles. The van der Waals surface area contributed by atoms with Gasteiger partial charge >= 0.3 is 0 Å². The van der Waals surface area contributed by atoms with Crippen LogP contribution in [0.1, 0.15) is 92.4 Å². The lowest BCUT2D eigenvalue weighted by Crippen LogP contribution is -2.44. The van der Waals surface area contributed by atoms with Crippen molar-refractivity contribution in [2.75, 3.05) is 0 Å². The molecule has 4 heterocycles. The van der Waals surface area contributed by atoms with E-state index in [-0.39, 0.29) is 12.4 Å². The largest absolute Gasteiger partial charge is 0.366 e. The molecule has 12 nitrogen and oxygen atoms in total. The highest BCUT2D eigenvalue weighted by atomic mass is 35.5. The SMILES string of the molecule is CC(C)N(C(C)C)C(C)CCn1ncc2c(-c3ccc(C(N)=O)c(-c4ncnc5c4cnn5CCC(C)N(C(C)C)C(C)C)c3)ncnc21.Cl. The lowest BCUT2D eigenvalue weighted by atomic mass is 9.97. The maximum Gasteiger partial charge on any atom is 0.249 e. The minimum absolute atomic E-state index is 0. The van der Waals surface area contributed by atoms with Gasteiger partial charge in [-0.3, -0.25) is 14.6 Å².